The Kier molecular flexibility index (Phi) is 6.91. The summed E-state index contributed by atoms with van der Waals surface area (Å²) >= 11 is 0. The Bertz CT molecular complexity index is 479. The lowest BCUT2D eigenvalue weighted by molar-refractivity contribution is 0.633. The summed E-state index contributed by atoms with van der Waals surface area (Å²) in [7, 11) is 0. The van der Waals surface area contributed by atoms with Gasteiger partial charge >= 0.3 is 0 Å². The van der Waals surface area contributed by atoms with Crippen molar-refractivity contribution in [3.8, 4) is 0 Å². The molecule has 18 heavy (non-hydrogen) atoms. The fraction of sp³-hybridized carbons (Fsp3) is 0.333. The molecule has 0 unspecified atom stereocenters. The van der Waals surface area contributed by atoms with Gasteiger partial charge in [0, 0.05) is 6.54 Å². The zero-order chi connectivity index (χ0) is 11.5. The molecule has 0 aliphatic carbocycles. The molecule has 0 saturated heterocycles. The number of nitrogens with zero attached hydrogens (tertiary/aromatic N) is 3. The molecule has 0 amide bonds. The maximum absolute atomic E-state index is 5.56. The maximum Gasteiger partial charge on any atom is 0.0991 e. The SMILES string of the molecule is Cc1ccc(Cn2nnc(CN)c2C)cc1.Cl.Cl. The number of aryl methyl sites for hydroxylation is 1. The Morgan fingerprint density at radius 3 is 2.22 bits per heavy atom. The Labute approximate surface area is 119 Å². The lowest BCUT2D eigenvalue weighted by Crippen LogP contribution is -2.05. The first kappa shape index (κ1) is 16.9. The number of halogens is 2. The van der Waals surface area contributed by atoms with Gasteiger partial charge in [-0.15, -0.1) is 29.9 Å². The molecule has 0 atom stereocenters. The van der Waals surface area contributed by atoms with E-state index in [9.17, 15) is 0 Å². The average molecular weight is 289 g/mol. The Balaban J connectivity index is 0.00000144. The van der Waals surface area contributed by atoms with Gasteiger partial charge in [-0.2, -0.15) is 0 Å². The number of hydrogen-bond acceptors (Lipinski definition) is 3. The summed E-state index contributed by atoms with van der Waals surface area (Å²) in [6.45, 7) is 5.27. The zero-order valence-electron chi connectivity index (χ0n) is 10.5. The van der Waals surface area contributed by atoms with Crippen LogP contribution in [-0.2, 0) is 13.1 Å². The highest BCUT2D eigenvalue weighted by molar-refractivity contribution is 5.85. The van der Waals surface area contributed by atoms with Crippen LogP contribution in [0.25, 0.3) is 0 Å². The molecule has 4 nitrogen and oxygen atoms in total. The number of aromatic nitrogens is 3. The van der Waals surface area contributed by atoms with Gasteiger partial charge in [-0.05, 0) is 19.4 Å². The standard InChI is InChI=1S/C12H16N4.2ClH/c1-9-3-5-11(6-4-9)8-16-10(2)12(7-13)14-15-16;;/h3-6H,7-8,13H2,1-2H3;2*1H. The lowest BCUT2D eigenvalue weighted by Gasteiger charge is -2.04. The second-order valence-corrected chi connectivity index (χ2v) is 3.97. The predicted octanol–water partition coefficient (Wildman–Crippen LogP) is 2.25. The summed E-state index contributed by atoms with van der Waals surface area (Å²) in [5.41, 5.74) is 9.96. The fourth-order valence-electron chi connectivity index (χ4n) is 1.60. The third-order valence-corrected chi connectivity index (χ3v) is 2.72. The first-order chi connectivity index (χ1) is 7.70. The molecule has 2 rings (SSSR count). The van der Waals surface area contributed by atoms with Crippen LogP contribution in [-0.4, -0.2) is 15.0 Å². The summed E-state index contributed by atoms with van der Waals surface area (Å²) in [6.07, 6.45) is 0. The summed E-state index contributed by atoms with van der Waals surface area (Å²) in [5.74, 6) is 0. The van der Waals surface area contributed by atoms with Gasteiger partial charge in [0.05, 0.1) is 17.9 Å². The van der Waals surface area contributed by atoms with E-state index in [1.54, 1.807) is 0 Å². The monoisotopic (exact) mass is 288 g/mol. The van der Waals surface area contributed by atoms with Crippen LogP contribution in [0.1, 0.15) is 22.5 Å². The molecule has 1 aromatic carbocycles. The van der Waals surface area contributed by atoms with E-state index in [1.165, 1.54) is 11.1 Å². The van der Waals surface area contributed by atoms with Crippen LogP contribution in [0.2, 0.25) is 0 Å². The third-order valence-electron chi connectivity index (χ3n) is 2.72. The molecule has 0 radical (unpaired) electrons. The maximum atomic E-state index is 5.56. The van der Waals surface area contributed by atoms with Crippen molar-refractivity contribution in [2.45, 2.75) is 26.9 Å². The van der Waals surface area contributed by atoms with Crippen LogP contribution in [0, 0.1) is 13.8 Å². The molecular formula is C12H18Cl2N4. The molecular weight excluding hydrogens is 271 g/mol. The topological polar surface area (TPSA) is 56.7 Å². The minimum absolute atomic E-state index is 0. The zero-order valence-corrected chi connectivity index (χ0v) is 12.1. The summed E-state index contributed by atoms with van der Waals surface area (Å²) in [5, 5.41) is 8.13. The quantitative estimate of drug-likeness (QED) is 0.942. The van der Waals surface area contributed by atoms with E-state index in [-0.39, 0.29) is 24.8 Å². The number of nitrogens with two attached hydrogens (primary N) is 1. The van der Waals surface area contributed by atoms with Crippen molar-refractivity contribution in [1.29, 1.82) is 0 Å². The second-order valence-electron chi connectivity index (χ2n) is 3.97. The lowest BCUT2D eigenvalue weighted by atomic mass is 10.1. The minimum Gasteiger partial charge on any atom is -0.325 e. The highest BCUT2D eigenvalue weighted by atomic mass is 35.5. The average Bonchev–Trinajstić information content (AvgIpc) is 2.63. The summed E-state index contributed by atoms with van der Waals surface area (Å²) < 4.78 is 1.88. The van der Waals surface area contributed by atoms with Crippen LogP contribution in [0.5, 0.6) is 0 Å². The van der Waals surface area contributed by atoms with Crippen molar-refractivity contribution >= 4 is 24.8 Å². The molecule has 2 aromatic rings. The van der Waals surface area contributed by atoms with Crippen LogP contribution >= 0.6 is 24.8 Å². The molecule has 0 bridgehead atoms. The molecule has 0 spiro atoms. The van der Waals surface area contributed by atoms with Crippen LogP contribution in [0.3, 0.4) is 0 Å². The third kappa shape index (κ3) is 3.70. The first-order valence-electron chi connectivity index (χ1n) is 5.35. The van der Waals surface area contributed by atoms with Crippen molar-refractivity contribution in [3.63, 3.8) is 0 Å². The van der Waals surface area contributed by atoms with Crippen molar-refractivity contribution in [3.05, 3.63) is 46.8 Å². The van der Waals surface area contributed by atoms with Gasteiger partial charge in [0.2, 0.25) is 0 Å². The number of rotatable bonds is 3. The molecule has 100 valence electrons. The van der Waals surface area contributed by atoms with E-state index in [0.29, 0.717) is 6.54 Å². The molecule has 2 N–H and O–H groups in total. The molecule has 0 aliphatic heterocycles. The van der Waals surface area contributed by atoms with E-state index in [1.807, 2.05) is 11.6 Å². The number of hydrogen-bond donors (Lipinski definition) is 1. The fourth-order valence-corrected chi connectivity index (χ4v) is 1.60. The van der Waals surface area contributed by atoms with E-state index in [4.69, 9.17) is 5.73 Å². The van der Waals surface area contributed by atoms with Gasteiger partial charge in [0.25, 0.3) is 0 Å². The molecule has 1 heterocycles. The predicted molar refractivity (Wildman–Crippen MR) is 77.4 cm³/mol. The van der Waals surface area contributed by atoms with Crippen LogP contribution in [0.15, 0.2) is 24.3 Å². The van der Waals surface area contributed by atoms with Gasteiger partial charge in [-0.25, -0.2) is 4.68 Å². The Morgan fingerprint density at radius 2 is 1.72 bits per heavy atom. The van der Waals surface area contributed by atoms with Gasteiger partial charge in [-0.1, -0.05) is 35.0 Å². The Hall–Kier alpha value is -1.10. The highest BCUT2D eigenvalue weighted by Crippen LogP contribution is 2.08. The number of benzene rings is 1. The highest BCUT2D eigenvalue weighted by Gasteiger charge is 2.06. The van der Waals surface area contributed by atoms with Crippen molar-refractivity contribution in [1.82, 2.24) is 15.0 Å². The summed E-state index contributed by atoms with van der Waals surface area (Å²) in [6, 6.07) is 8.42. The van der Waals surface area contributed by atoms with Crippen molar-refractivity contribution in [2.24, 2.45) is 5.73 Å². The first-order valence-corrected chi connectivity index (χ1v) is 5.35. The van der Waals surface area contributed by atoms with Crippen molar-refractivity contribution < 1.29 is 0 Å². The van der Waals surface area contributed by atoms with Crippen LogP contribution < -0.4 is 5.73 Å². The normalized spacial score (nSPS) is 9.50. The van der Waals surface area contributed by atoms with Gasteiger partial charge in [0.1, 0.15) is 0 Å². The Morgan fingerprint density at radius 1 is 1.11 bits per heavy atom. The smallest absolute Gasteiger partial charge is 0.0991 e. The van der Waals surface area contributed by atoms with Gasteiger partial charge in [-0.3, -0.25) is 0 Å². The molecule has 0 aliphatic rings. The summed E-state index contributed by atoms with van der Waals surface area (Å²) in [4.78, 5) is 0. The molecule has 1 aromatic heterocycles. The van der Waals surface area contributed by atoms with E-state index in [2.05, 4.69) is 41.5 Å². The van der Waals surface area contributed by atoms with Gasteiger partial charge in [0.15, 0.2) is 0 Å². The molecule has 0 saturated carbocycles. The second kappa shape index (κ2) is 7.36. The van der Waals surface area contributed by atoms with E-state index >= 15 is 0 Å². The van der Waals surface area contributed by atoms with Crippen molar-refractivity contribution in [2.75, 3.05) is 0 Å². The van der Waals surface area contributed by atoms with E-state index in [0.717, 1.165) is 17.9 Å². The molecule has 6 heteroatoms. The van der Waals surface area contributed by atoms with Gasteiger partial charge < -0.3 is 5.73 Å². The van der Waals surface area contributed by atoms with Crippen LogP contribution in [0.4, 0.5) is 0 Å². The van der Waals surface area contributed by atoms with E-state index < -0.39 is 0 Å². The molecule has 0 fully saturated rings. The largest absolute Gasteiger partial charge is 0.325 e. The minimum atomic E-state index is 0.